The van der Waals surface area contributed by atoms with Crippen molar-refractivity contribution in [2.24, 2.45) is 0 Å². The molecule has 2 aromatic carbocycles. The lowest BCUT2D eigenvalue weighted by molar-refractivity contribution is 0.282. The van der Waals surface area contributed by atoms with Crippen LogP contribution in [0.15, 0.2) is 43.0 Å². The lowest BCUT2D eigenvalue weighted by Gasteiger charge is -2.05. The SMILES string of the molecule is C=Cc1cc2ccccc2cc1CO. The molecule has 0 radical (unpaired) electrons. The smallest absolute Gasteiger partial charge is 0.0687 e. The normalized spacial score (nSPS) is 10.4. The first kappa shape index (κ1) is 8.97. The van der Waals surface area contributed by atoms with E-state index >= 15 is 0 Å². The molecule has 14 heavy (non-hydrogen) atoms. The summed E-state index contributed by atoms with van der Waals surface area (Å²) < 4.78 is 0. The average Bonchev–Trinajstić information content (AvgIpc) is 2.27. The van der Waals surface area contributed by atoms with Crippen LogP contribution in [-0.4, -0.2) is 5.11 Å². The largest absolute Gasteiger partial charge is 0.392 e. The topological polar surface area (TPSA) is 20.2 Å². The summed E-state index contributed by atoms with van der Waals surface area (Å²) >= 11 is 0. The van der Waals surface area contributed by atoms with Crippen LogP contribution in [-0.2, 0) is 6.61 Å². The highest BCUT2D eigenvalue weighted by molar-refractivity contribution is 5.85. The monoisotopic (exact) mass is 184 g/mol. The Morgan fingerprint density at radius 1 is 1.14 bits per heavy atom. The Morgan fingerprint density at radius 3 is 2.36 bits per heavy atom. The van der Waals surface area contributed by atoms with Crippen LogP contribution in [0.5, 0.6) is 0 Å². The van der Waals surface area contributed by atoms with Crippen molar-refractivity contribution >= 4 is 16.8 Å². The van der Waals surface area contributed by atoms with E-state index < -0.39 is 0 Å². The van der Waals surface area contributed by atoms with Crippen LogP contribution in [0.4, 0.5) is 0 Å². The fourth-order valence-corrected chi connectivity index (χ4v) is 1.63. The summed E-state index contributed by atoms with van der Waals surface area (Å²) in [5, 5.41) is 11.5. The van der Waals surface area contributed by atoms with Crippen molar-refractivity contribution in [1.29, 1.82) is 0 Å². The first-order valence-electron chi connectivity index (χ1n) is 4.60. The Hall–Kier alpha value is -1.60. The van der Waals surface area contributed by atoms with Gasteiger partial charge in [0.2, 0.25) is 0 Å². The molecule has 0 heterocycles. The van der Waals surface area contributed by atoms with E-state index in [1.54, 1.807) is 6.08 Å². The second-order valence-corrected chi connectivity index (χ2v) is 3.26. The van der Waals surface area contributed by atoms with Crippen LogP contribution in [0, 0.1) is 0 Å². The van der Waals surface area contributed by atoms with E-state index in [4.69, 9.17) is 5.11 Å². The molecule has 0 spiro atoms. The second kappa shape index (κ2) is 3.64. The number of benzene rings is 2. The van der Waals surface area contributed by atoms with Crippen molar-refractivity contribution in [3.63, 3.8) is 0 Å². The lowest BCUT2D eigenvalue weighted by Crippen LogP contribution is -1.88. The van der Waals surface area contributed by atoms with Gasteiger partial charge < -0.3 is 5.11 Å². The Kier molecular flexibility index (Phi) is 2.33. The Balaban J connectivity index is 2.75. The van der Waals surface area contributed by atoms with Gasteiger partial charge in [0, 0.05) is 0 Å². The average molecular weight is 184 g/mol. The molecule has 0 amide bonds. The molecular formula is C13H12O. The molecule has 0 aromatic heterocycles. The minimum Gasteiger partial charge on any atom is -0.392 e. The summed E-state index contributed by atoms with van der Waals surface area (Å²) in [6, 6.07) is 12.2. The maximum Gasteiger partial charge on any atom is 0.0687 e. The summed E-state index contributed by atoms with van der Waals surface area (Å²) in [5.74, 6) is 0. The van der Waals surface area contributed by atoms with E-state index in [0.29, 0.717) is 0 Å². The van der Waals surface area contributed by atoms with E-state index in [1.807, 2.05) is 30.3 Å². The predicted octanol–water partition coefficient (Wildman–Crippen LogP) is 2.98. The number of aliphatic hydroxyl groups excluding tert-OH is 1. The molecular weight excluding hydrogens is 172 g/mol. The van der Waals surface area contributed by atoms with Gasteiger partial charge in [-0.05, 0) is 34.0 Å². The minimum absolute atomic E-state index is 0.0617. The van der Waals surface area contributed by atoms with Crippen LogP contribution >= 0.6 is 0 Å². The third-order valence-corrected chi connectivity index (χ3v) is 2.40. The summed E-state index contributed by atoms with van der Waals surface area (Å²) in [6.45, 7) is 3.80. The quantitative estimate of drug-likeness (QED) is 0.760. The number of hydrogen-bond acceptors (Lipinski definition) is 1. The second-order valence-electron chi connectivity index (χ2n) is 3.26. The van der Waals surface area contributed by atoms with E-state index in [1.165, 1.54) is 5.39 Å². The molecule has 0 unspecified atom stereocenters. The third-order valence-electron chi connectivity index (χ3n) is 2.40. The van der Waals surface area contributed by atoms with E-state index in [2.05, 4.69) is 12.6 Å². The maximum absolute atomic E-state index is 9.16. The number of fused-ring (bicyclic) bond motifs is 1. The summed E-state index contributed by atoms with van der Waals surface area (Å²) in [5.41, 5.74) is 1.94. The number of rotatable bonds is 2. The lowest BCUT2D eigenvalue weighted by atomic mass is 10.0. The van der Waals surface area contributed by atoms with Crippen LogP contribution in [0.25, 0.3) is 16.8 Å². The van der Waals surface area contributed by atoms with Gasteiger partial charge in [0.1, 0.15) is 0 Å². The molecule has 0 atom stereocenters. The fraction of sp³-hybridized carbons (Fsp3) is 0.0769. The molecule has 0 aliphatic carbocycles. The molecule has 70 valence electrons. The molecule has 0 saturated carbocycles. The van der Waals surface area contributed by atoms with Crippen molar-refractivity contribution in [3.8, 4) is 0 Å². The fourth-order valence-electron chi connectivity index (χ4n) is 1.63. The van der Waals surface area contributed by atoms with Crippen molar-refractivity contribution in [2.75, 3.05) is 0 Å². The molecule has 0 saturated heterocycles. The van der Waals surface area contributed by atoms with E-state index in [0.717, 1.165) is 16.5 Å². The standard InChI is InChI=1S/C13H12O/c1-2-10-7-11-5-3-4-6-12(11)8-13(10)9-14/h2-8,14H,1,9H2. The van der Waals surface area contributed by atoms with Crippen molar-refractivity contribution < 1.29 is 5.11 Å². The Bertz CT molecular complexity index is 472. The van der Waals surface area contributed by atoms with Crippen molar-refractivity contribution in [1.82, 2.24) is 0 Å². The van der Waals surface area contributed by atoms with Crippen LogP contribution < -0.4 is 0 Å². The molecule has 0 aliphatic rings. The van der Waals surface area contributed by atoms with Gasteiger partial charge in [-0.1, -0.05) is 36.9 Å². The molecule has 0 fully saturated rings. The zero-order chi connectivity index (χ0) is 9.97. The van der Waals surface area contributed by atoms with Crippen LogP contribution in [0.3, 0.4) is 0 Å². The highest BCUT2D eigenvalue weighted by Gasteiger charge is 2.00. The zero-order valence-electron chi connectivity index (χ0n) is 7.90. The molecule has 2 rings (SSSR count). The molecule has 0 bridgehead atoms. The minimum atomic E-state index is 0.0617. The number of aliphatic hydroxyl groups is 1. The summed E-state index contributed by atoms with van der Waals surface area (Å²) in [7, 11) is 0. The van der Waals surface area contributed by atoms with Gasteiger partial charge >= 0.3 is 0 Å². The highest BCUT2D eigenvalue weighted by atomic mass is 16.3. The third kappa shape index (κ3) is 1.42. The van der Waals surface area contributed by atoms with Crippen LogP contribution in [0.1, 0.15) is 11.1 Å². The molecule has 1 nitrogen and oxygen atoms in total. The van der Waals surface area contributed by atoms with Crippen molar-refractivity contribution in [2.45, 2.75) is 6.61 Å². The molecule has 1 heteroatoms. The van der Waals surface area contributed by atoms with Gasteiger partial charge in [-0.25, -0.2) is 0 Å². The molecule has 1 N–H and O–H groups in total. The predicted molar refractivity (Wildman–Crippen MR) is 60.0 cm³/mol. The van der Waals surface area contributed by atoms with Crippen molar-refractivity contribution in [3.05, 3.63) is 54.1 Å². The Labute approximate surface area is 83.3 Å². The van der Waals surface area contributed by atoms with Gasteiger partial charge in [-0.15, -0.1) is 0 Å². The summed E-state index contributed by atoms with van der Waals surface area (Å²) in [4.78, 5) is 0. The highest BCUT2D eigenvalue weighted by Crippen LogP contribution is 2.20. The van der Waals surface area contributed by atoms with E-state index in [-0.39, 0.29) is 6.61 Å². The maximum atomic E-state index is 9.16. The summed E-state index contributed by atoms with van der Waals surface area (Å²) in [6.07, 6.45) is 1.78. The van der Waals surface area contributed by atoms with E-state index in [9.17, 15) is 0 Å². The Morgan fingerprint density at radius 2 is 1.79 bits per heavy atom. The van der Waals surface area contributed by atoms with Gasteiger partial charge in [-0.3, -0.25) is 0 Å². The van der Waals surface area contributed by atoms with Crippen LogP contribution in [0.2, 0.25) is 0 Å². The van der Waals surface area contributed by atoms with Gasteiger partial charge in [0.25, 0.3) is 0 Å². The first-order chi connectivity index (χ1) is 6.85. The van der Waals surface area contributed by atoms with Gasteiger partial charge in [0.15, 0.2) is 0 Å². The molecule has 0 aliphatic heterocycles. The zero-order valence-corrected chi connectivity index (χ0v) is 7.90. The van der Waals surface area contributed by atoms with Gasteiger partial charge in [0.05, 0.1) is 6.61 Å². The van der Waals surface area contributed by atoms with Gasteiger partial charge in [-0.2, -0.15) is 0 Å². The first-order valence-corrected chi connectivity index (χ1v) is 4.60. The molecule has 2 aromatic rings. The number of hydrogen-bond donors (Lipinski definition) is 1.